The van der Waals surface area contributed by atoms with E-state index in [0.717, 1.165) is 0 Å². The van der Waals surface area contributed by atoms with Crippen molar-refractivity contribution in [1.82, 2.24) is 14.3 Å². The van der Waals surface area contributed by atoms with Gasteiger partial charge in [0.15, 0.2) is 0 Å². The van der Waals surface area contributed by atoms with Crippen LogP contribution in [0.25, 0.3) is 11.7 Å². The Morgan fingerprint density at radius 2 is 2.04 bits per heavy atom. The van der Waals surface area contributed by atoms with Crippen molar-refractivity contribution in [1.29, 1.82) is 0 Å². The van der Waals surface area contributed by atoms with Gasteiger partial charge >= 0.3 is 0 Å². The molecule has 4 heterocycles. The lowest BCUT2D eigenvalue weighted by molar-refractivity contribution is -0.121. The minimum absolute atomic E-state index is 0.203. The van der Waals surface area contributed by atoms with Crippen LogP contribution >= 0.6 is 24.0 Å². The number of fused-ring (bicyclic) bond motifs is 1. The number of thioether (sulfide) groups is 1. The first-order chi connectivity index (χ1) is 12.6. The molecule has 0 spiro atoms. The van der Waals surface area contributed by atoms with E-state index in [1.165, 1.54) is 21.1 Å². The highest BCUT2D eigenvalue weighted by molar-refractivity contribution is 8.26. The van der Waals surface area contributed by atoms with E-state index in [0.29, 0.717) is 52.6 Å². The summed E-state index contributed by atoms with van der Waals surface area (Å²) in [7, 11) is 1.63. The summed E-state index contributed by atoms with van der Waals surface area (Å²) in [5.74, 6) is 0.372. The van der Waals surface area contributed by atoms with Crippen LogP contribution in [0.4, 0.5) is 5.82 Å². The lowest BCUT2D eigenvalue weighted by Crippen LogP contribution is -2.38. The van der Waals surface area contributed by atoms with Gasteiger partial charge in [-0.05, 0) is 18.2 Å². The van der Waals surface area contributed by atoms with Crippen LogP contribution in [0.3, 0.4) is 0 Å². The van der Waals surface area contributed by atoms with Crippen LogP contribution in [0.5, 0.6) is 0 Å². The molecule has 2 aliphatic rings. The SMILES string of the molecule is CN1C(=O)/C(=C\c2c(N3CCOCC3)nc3ccccn3c2=O)SC1=S. The summed E-state index contributed by atoms with van der Waals surface area (Å²) in [5.41, 5.74) is 0.752. The molecule has 2 aliphatic heterocycles. The quantitative estimate of drug-likeness (QED) is 0.568. The molecular formula is C17H16N4O3S2. The predicted molar refractivity (Wildman–Crippen MR) is 105 cm³/mol. The minimum atomic E-state index is -0.210. The second-order valence-electron chi connectivity index (χ2n) is 5.92. The maximum absolute atomic E-state index is 13.1. The van der Waals surface area contributed by atoms with Crippen LogP contribution in [0.15, 0.2) is 34.1 Å². The molecule has 2 aromatic heterocycles. The van der Waals surface area contributed by atoms with Gasteiger partial charge in [0.2, 0.25) is 0 Å². The standard InChI is InChI=1S/C17H16N4O3S2/c1-19-16(23)12(26-17(19)25)10-11-14(20-6-8-24-9-7-20)18-13-4-2-3-5-21(13)15(11)22/h2-5,10H,6-9H2,1H3/b12-10+. The normalized spacial score (nSPS) is 19.8. The van der Waals surface area contributed by atoms with E-state index in [4.69, 9.17) is 17.0 Å². The van der Waals surface area contributed by atoms with Gasteiger partial charge in [-0.25, -0.2) is 4.98 Å². The number of rotatable bonds is 2. The Morgan fingerprint density at radius 1 is 1.27 bits per heavy atom. The first-order valence-electron chi connectivity index (χ1n) is 8.12. The molecule has 0 aliphatic carbocycles. The average Bonchev–Trinajstić information content (AvgIpc) is 2.91. The van der Waals surface area contributed by atoms with Crippen molar-refractivity contribution < 1.29 is 9.53 Å². The third-order valence-corrected chi connectivity index (χ3v) is 5.81. The second-order valence-corrected chi connectivity index (χ2v) is 7.60. The highest BCUT2D eigenvalue weighted by atomic mass is 32.2. The van der Waals surface area contributed by atoms with Gasteiger partial charge in [0.25, 0.3) is 11.5 Å². The zero-order valence-electron chi connectivity index (χ0n) is 14.0. The summed E-state index contributed by atoms with van der Waals surface area (Å²) in [6.45, 7) is 2.44. The fourth-order valence-electron chi connectivity index (χ4n) is 2.91. The van der Waals surface area contributed by atoms with Crippen molar-refractivity contribution >= 4 is 51.7 Å². The highest BCUT2D eigenvalue weighted by Gasteiger charge is 2.30. The molecule has 9 heteroatoms. The molecule has 2 saturated heterocycles. The van der Waals surface area contributed by atoms with Crippen LogP contribution < -0.4 is 10.5 Å². The van der Waals surface area contributed by atoms with Gasteiger partial charge < -0.3 is 9.64 Å². The zero-order chi connectivity index (χ0) is 18.3. The van der Waals surface area contributed by atoms with E-state index in [1.54, 1.807) is 31.5 Å². The summed E-state index contributed by atoms with van der Waals surface area (Å²) >= 11 is 6.38. The molecule has 1 amide bonds. The third kappa shape index (κ3) is 2.91. The minimum Gasteiger partial charge on any atom is -0.378 e. The number of pyridine rings is 1. The maximum atomic E-state index is 13.1. The lowest BCUT2D eigenvalue weighted by Gasteiger charge is -2.29. The third-order valence-electron chi connectivity index (χ3n) is 4.32. The number of amides is 1. The Labute approximate surface area is 159 Å². The lowest BCUT2D eigenvalue weighted by atomic mass is 10.2. The van der Waals surface area contributed by atoms with Crippen molar-refractivity contribution in [3.8, 4) is 0 Å². The summed E-state index contributed by atoms with van der Waals surface area (Å²) in [6.07, 6.45) is 3.29. The number of carbonyl (C=O) groups is 1. The number of aromatic nitrogens is 2. The Kier molecular flexibility index (Phi) is 4.51. The molecule has 26 heavy (non-hydrogen) atoms. The largest absolute Gasteiger partial charge is 0.378 e. The molecule has 134 valence electrons. The molecule has 0 bridgehead atoms. The molecule has 0 saturated carbocycles. The monoisotopic (exact) mass is 388 g/mol. The first-order valence-corrected chi connectivity index (χ1v) is 9.34. The van der Waals surface area contributed by atoms with Crippen molar-refractivity contribution in [2.24, 2.45) is 0 Å². The van der Waals surface area contributed by atoms with E-state index >= 15 is 0 Å². The number of hydrogen-bond acceptors (Lipinski definition) is 7. The second kappa shape index (κ2) is 6.82. The van der Waals surface area contributed by atoms with E-state index in [2.05, 4.69) is 4.98 Å². The number of morpholine rings is 1. The van der Waals surface area contributed by atoms with Crippen molar-refractivity contribution in [3.05, 3.63) is 45.2 Å². The summed E-state index contributed by atoms with van der Waals surface area (Å²) in [5, 5.41) is 0. The number of likely N-dealkylation sites (N-methyl/N-ethyl adjacent to an activating group) is 1. The molecule has 0 N–H and O–H groups in total. The van der Waals surface area contributed by atoms with E-state index < -0.39 is 0 Å². The van der Waals surface area contributed by atoms with Gasteiger partial charge in [-0.1, -0.05) is 30.0 Å². The van der Waals surface area contributed by atoms with Crippen LogP contribution in [-0.4, -0.2) is 57.9 Å². The first kappa shape index (κ1) is 17.2. The van der Waals surface area contributed by atoms with Crippen molar-refractivity contribution in [2.45, 2.75) is 0 Å². The molecule has 0 atom stereocenters. The topological polar surface area (TPSA) is 67.2 Å². The fraction of sp³-hybridized carbons (Fsp3) is 0.294. The van der Waals surface area contributed by atoms with E-state index in [9.17, 15) is 9.59 Å². The number of hydrogen-bond donors (Lipinski definition) is 0. The Bertz CT molecular complexity index is 995. The number of ether oxygens (including phenoxy) is 1. The molecule has 0 aromatic carbocycles. The molecule has 7 nitrogen and oxygen atoms in total. The zero-order valence-corrected chi connectivity index (χ0v) is 15.7. The van der Waals surface area contributed by atoms with Crippen LogP contribution in [0, 0.1) is 0 Å². The van der Waals surface area contributed by atoms with Gasteiger partial charge in [0, 0.05) is 26.3 Å². The summed E-state index contributed by atoms with van der Waals surface area (Å²) < 4.78 is 7.37. The molecule has 4 rings (SSSR count). The van der Waals surface area contributed by atoms with E-state index in [1.807, 2.05) is 11.0 Å². The molecule has 2 fully saturated rings. The van der Waals surface area contributed by atoms with Gasteiger partial charge in [0.1, 0.15) is 15.8 Å². The Morgan fingerprint density at radius 3 is 2.73 bits per heavy atom. The highest BCUT2D eigenvalue weighted by Crippen LogP contribution is 2.32. The Balaban J connectivity index is 1.91. The van der Waals surface area contributed by atoms with Crippen molar-refractivity contribution in [2.75, 3.05) is 38.3 Å². The number of thiocarbonyl (C=S) groups is 1. The maximum Gasteiger partial charge on any atom is 0.267 e. The number of carbonyl (C=O) groups excluding carboxylic acids is 1. The fourth-order valence-corrected chi connectivity index (χ4v) is 4.07. The van der Waals surface area contributed by atoms with Crippen molar-refractivity contribution in [3.63, 3.8) is 0 Å². The summed E-state index contributed by atoms with van der Waals surface area (Å²) in [4.78, 5) is 34.0. The smallest absolute Gasteiger partial charge is 0.267 e. The van der Waals surface area contributed by atoms with Crippen LogP contribution in [0.2, 0.25) is 0 Å². The predicted octanol–water partition coefficient (Wildman–Crippen LogP) is 1.36. The van der Waals surface area contributed by atoms with Crippen LogP contribution in [0.1, 0.15) is 5.56 Å². The average molecular weight is 388 g/mol. The van der Waals surface area contributed by atoms with Gasteiger partial charge in [0.05, 0.1) is 23.7 Å². The Hall–Kier alpha value is -2.23. The summed E-state index contributed by atoms with van der Waals surface area (Å²) in [6, 6.07) is 5.41. The van der Waals surface area contributed by atoms with Gasteiger partial charge in [-0.2, -0.15) is 0 Å². The molecule has 2 aromatic rings. The van der Waals surface area contributed by atoms with Crippen LogP contribution in [-0.2, 0) is 9.53 Å². The van der Waals surface area contributed by atoms with Gasteiger partial charge in [-0.15, -0.1) is 0 Å². The van der Waals surface area contributed by atoms with E-state index in [-0.39, 0.29) is 11.5 Å². The van der Waals surface area contributed by atoms with Gasteiger partial charge in [-0.3, -0.25) is 18.9 Å². The number of nitrogens with zero attached hydrogens (tertiary/aromatic N) is 4. The molecule has 0 unspecified atom stereocenters. The molecular weight excluding hydrogens is 372 g/mol. The molecule has 0 radical (unpaired) electrons. The number of anilines is 1.